The molecule has 0 amide bonds. The van der Waals surface area contributed by atoms with Crippen LogP contribution in [0.1, 0.15) is 37.0 Å². The van der Waals surface area contributed by atoms with Crippen molar-refractivity contribution in [2.75, 3.05) is 20.8 Å². The van der Waals surface area contributed by atoms with E-state index in [0.29, 0.717) is 0 Å². The predicted octanol–water partition coefficient (Wildman–Crippen LogP) is 4.47. The summed E-state index contributed by atoms with van der Waals surface area (Å²) in [4.78, 5) is 4.78. The quantitative estimate of drug-likeness (QED) is 0.737. The highest BCUT2D eigenvalue weighted by atomic mass is 16.5. The van der Waals surface area contributed by atoms with Crippen LogP contribution in [0, 0.1) is 0 Å². The van der Waals surface area contributed by atoms with Gasteiger partial charge in [-0.2, -0.15) is 0 Å². The van der Waals surface area contributed by atoms with Crippen LogP contribution in [0.3, 0.4) is 0 Å². The van der Waals surface area contributed by atoms with Crippen LogP contribution in [0.4, 0.5) is 0 Å². The van der Waals surface area contributed by atoms with Crippen LogP contribution in [0.15, 0.2) is 41.4 Å². The Morgan fingerprint density at radius 2 is 1.85 bits per heavy atom. The fraction of sp³-hybridized carbons (Fsp3) is 0.409. The zero-order valence-corrected chi connectivity index (χ0v) is 16.0. The van der Waals surface area contributed by atoms with Gasteiger partial charge in [-0.25, -0.2) is 0 Å². The molecule has 4 nitrogen and oxygen atoms in total. The van der Waals surface area contributed by atoms with Crippen molar-refractivity contribution >= 4 is 5.71 Å². The smallest absolute Gasteiger partial charge is 0.161 e. The van der Waals surface area contributed by atoms with Crippen LogP contribution in [0.5, 0.6) is 17.2 Å². The average molecular weight is 353 g/mol. The first-order chi connectivity index (χ1) is 12.6. The number of hydrogen-bond acceptors (Lipinski definition) is 4. The average Bonchev–Trinajstić information content (AvgIpc) is 2.67. The maximum atomic E-state index is 5.95. The van der Waals surface area contributed by atoms with E-state index in [9.17, 15) is 0 Å². The van der Waals surface area contributed by atoms with E-state index in [2.05, 4.69) is 32.0 Å². The summed E-state index contributed by atoms with van der Waals surface area (Å²) in [5.41, 5.74) is 4.71. The SMILES string of the molecule is CCC(C)Oc1cccc(CC2=NCCc3cc(OC)c(OC)cc32)c1. The first-order valence-corrected chi connectivity index (χ1v) is 9.18. The van der Waals surface area contributed by atoms with Crippen molar-refractivity contribution in [3.05, 3.63) is 53.1 Å². The Morgan fingerprint density at radius 1 is 1.08 bits per heavy atom. The highest BCUT2D eigenvalue weighted by molar-refractivity contribution is 6.04. The molecule has 0 bridgehead atoms. The molecule has 1 aliphatic rings. The van der Waals surface area contributed by atoms with Gasteiger partial charge in [-0.15, -0.1) is 0 Å². The van der Waals surface area contributed by atoms with Gasteiger partial charge in [-0.3, -0.25) is 4.99 Å². The molecular weight excluding hydrogens is 326 g/mol. The van der Waals surface area contributed by atoms with Crippen molar-refractivity contribution in [2.45, 2.75) is 39.2 Å². The van der Waals surface area contributed by atoms with Gasteiger partial charge in [0.25, 0.3) is 0 Å². The van der Waals surface area contributed by atoms with E-state index in [1.807, 2.05) is 18.2 Å². The highest BCUT2D eigenvalue weighted by Crippen LogP contribution is 2.33. The van der Waals surface area contributed by atoms with Crippen LogP contribution in [-0.4, -0.2) is 32.6 Å². The molecule has 0 spiro atoms. The van der Waals surface area contributed by atoms with Gasteiger partial charge in [0.1, 0.15) is 5.75 Å². The predicted molar refractivity (Wildman–Crippen MR) is 105 cm³/mol. The van der Waals surface area contributed by atoms with Gasteiger partial charge in [0, 0.05) is 24.2 Å². The van der Waals surface area contributed by atoms with Crippen LogP contribution < -0.4 is 14.2 Å². The third kappa shape index (κ3) is 4.01. The van der Waals surface area contributed by atoms with E-state index in [1.165, 1.54) is 11.1 Å². The second-order valence-electron chi connectivity index (χ2n) is 6.60. The van der Waals surface area contributed by atoms with Gasteiger partial charge in [-0.1, -0.05) is 19.1 Å². The highest BCUT2D eigenvalue weighted by Gasteiger charge is 2.19. The fourth-order valence-corrected chi connectivity index (χ4v) is 3.18. The molecule has 4 heteroatoms. The van der Waals surface area contributed by atoms with Crippen molar-refractivity contribution in [3.8, 4) is 17.2 Å². The Balaban J connectivity index is 1.86. The van der Waals surface area contributed by atoms with Gasteiger partial charge in [0.05, 0.1) is 20.3 Å². The number of hydrogen-bond donors (Lipinski definition) is 0. The first kappa shape index (κ1) is 18.3. The largest absolute Gasteiger partial charge is 0.493 e. The molecule has 0 saturated carbocycles. The molecule has 0 fully saturated rings. The van der Waals surface area contributed by atoms with Gasteiger partial charge >= 0.3 is 0 Å². The minimum atomic E-state index is 0.217. The second-order valence-corrected chi connectivity index (χ2v) is 6.60. The topological polar surface area (TPSA) is 40.0 Å². The Kier molecular flexibility index (Phi) is 5.82. The summed E-state index contributed by atoms with van der Waals surface area (Å²) in [5.74, 6) is 2.44. The normalized spacial score (nSPS) is 14.2. The molecule has 0 saturated heterocycles. The van der Waals surface area contributed by atoms with Crippen molar-refractivity contribution in [1.29, 1.82) is 0 Å². The lowest BCUT2D eigenvalue weighted by Crippen LogP contribution is -2.16. The molecule has 2 aromatic rings. The number of ether oxygens (including phenoxy) is 3. The molecule has 1 heterocycles. The van der Waals surface area contributed by atoms with Gasteiger partial charge in [-0.05, 0) is 55.2 Å². The fourth-order valence-electron chi connectivity index (χ4n) is 3.18. The summed E-state index contributed by atoms with van der Waals surface area (Å²) in [5, 5.41) is 0. The lowest BCUT2D eigenvalue weighted by molar-refractivity contribution is 0.217. The summed E-state index contributed by atoms with van der Waals surface area (Å²) in [6, 6.07) is 12.4. The maximum Gasteiger partial charge on any atom is 0.161 e. The summed E-state index contributed by atoms with van der Waals surface area (Å²) in [7, 11) is 3.34. The van der Waals surface area contributed by atoms with Crippen molar-refractivity contribution in [2.24, 2.45) is 4.99 Å². The van der Waals surface area contributed by atoms with Crippen molar-refractivity contribution in [1.82, 2.24) is 0 Å². The van der Waals surface area contributed by atoms with E-state index < -0.39 is 0 Å². The third-order valence-electron chi connectivity index (χ3n) is 4.79. The Bertz CT molecular complexity index is 798. The molecule has 138 valence electrons. The third-order valence-corrected chi connectivity index (χ3v) is 4.79. The standard InChI is InChI=1S/C22H27NO3/c1-5-15(2)26-18-8-6-7-16(11-18)12-20-19-14-22(25-4)21(24-3)13-17(19)9-10-23-20/h6-8,11,13-15H,5,9-10,12H2,1-4H3. The summed E-state index contributed by atoms with van der Waals surface area (Å²) in [6.07, 6.45) is 2.91. The molecule has 1 aliphatic heterocycles. The lowest BCUT2D eigenvalue weighted by Gasteiger charge is -2.20. The molecule has 0 radical (unpaired) electrons. The first-order valence-electron chi connectivity index (χ1n) is 9.18. The number of methoxy groups -OCH3 is 2. The summed E-state index contributed by atoms with van der Waals surface area (Å²) >= 11 is 0. The Labute approximate surface area is 155 Å². The molecule has 0 aromatic heterocycles. The zero-order chi connectivity index (χ0) is 18.5. The minimum absolute atomic E-state index is 0.217. The molecule has 0 aliphatic carbocycles. The van der Waals surface area contributed by atoms with Crippen LogP contribution in [-0.2, 0) is 12.8 Å². The number of nitrogens with zero attached hydrogens (tertiary/aromatic N) is 1. The minimum Gasteiger partial charge on any atom is -0.493 e. The van der Waals surface area contributed by atoms with Crippen molar-refractivity contribution < 1.29 is 14.2 Å². The molecule has 26 heavy (non-hydrogen) atoms. The Morgan fingerprint density at radius 3 is 2.58 bits per heavy atom. The molecule has 3 rings (SSSR count). The van der Waals surface area contributed by atoms with E-state index in [1.54, 1.807) is 14.2 Å². The zero-order valence-electron chi connectivity index (χ0n) is 16.0. The second kappa shape index (κ2) is 8.26. The lowest BCUT2D eigenvalue weighted by atomic mass is 9.93. The molecule has 1 unspecified atom stereocenters. The van der Waals surface area contributed by atoms with E-state index in [-0.39, 0.29) is 6.10 Å². The van der Waals surface area contributed by atoms with Gasteiger partial charge in [0.2, 0.25) is 0 Å². The summed E-state index contributed by atoms with van der Waals surface area (Å²) in [6.45, 7) is 5.03. The maximum absolute atomic E-state index is 5.95. The van der Waals surface area contributed by atoms with E-state index in [0.717, 1.165) is 54.3 Å². The molecule has 2 aromatic carbocycles. The molecule has 1 atom stereocenters. The number of aliphatic imine (C=N–C) groups is 1. The van der Waals surface area contributed by atoms with Crippen LogP contribution >= 0.6 is 0 Å². The number of rotatable bonds is 7. The van der Waals surface area contributed by atoms with E-state index in [4.69, 9.17) is 19.2 Å². The molecule has 0 N–H and O–H groups in total. The van der Waals surface area contributed by atoms with Crippen LogP contribution in [0.25, 0.3) is 0 Å². The number of fused-ring (bicyclic) bond motifs is 1. The monoisotopic (exact) mass is 353 g/mol. The Hall–Kier alpha value is -2.49. The molecular formula is C22H27NO3. The summed E-state index contributed by atoms with van der Waals surface area (Å²) < 4.78 is 16.9. The van der Waals surface area contributed by atoms with E-state index >= 15 is 0 Å². The van der Waals surface area contributed by atoms with Gasteiger partial charge in [0.15, 0.2) is 11.5 Å². The van der Waals surface area contributed by atoms with Crippen molar-refractivity contribution in [3.63, 3.8) is 0 Å². The van der Waals surface area contributed by atoms with Crippen LogP contribution in [0.2, 0.25) is 0 Å². The number of benzene rings is 2. The van der Waals surface area contributed by atoms with Gasteiger partial charge < -0.3 is 14.2 Å².